The monoisotopic (exact) mass is 255 g/mol. The Morgan fingerprint density at radius 2 is 1.78 bits per heavy atom. The molecule has 0 spiro atoms. The van der Waals surface area contributed by atoms with Gasteiger partial charge in [0.15, 0.2) is 0 Å². The molecule has 0 unspecified atom stereocenters. The second-order valence-electron chi connectivity index (χ2n) is 3.54. The number of ketones is 1. The number of nitrogens with two attached hydrogens (primary N) is 1. The van der Waals surface area contributed by atoms with Crippen LogP contribution in [0.2, 0.25) is 0 Å². The molecule has 0 saturated carbocycles. The first-order valence-electron chi connectivity index (χ1n) is 4.79. The minimum Gasteiger partial charge on any atom is -0.364 e. The lowest BCUT2D eigenvalue weighted by Gasteiger charge is -2.07. The molecule has 1 aliphatic rings. The third-order valence-electron chi connectivity index (χ3n) is 2.36. The number of hydrogen-bond acceptors (Lipinski definition) is 2. The van der Waals surface area contributed by atoms with E-state index in [9.17, 15) is 22.8 Å². The van der Waals surface area contributed by atoms with Crippen molar-refractivity contribution in [3.63, 3.8) is 0 Å². The zero-order chi connectivity index (χ0) is 13.5. The molecule has 0 fully saturated rings. The molecule has 1 radical (unpaired) electrons. The second kappa shape index (κ2) is 3.86. The number of amides is 1. The van der Waals surface area contributed by atoms with Crippen LogP contribution in [0, 0.1) is 0 Å². The van der Waals surface area contributed by atoms with Crippen LogP contribution < -0.4 is 11.1 Å². The molecule has 93 valence electrons. The molecular weight excluding hydrogens is 249 g/mol. The Kier molecular flexibility index (Phi) is 2.61. The van der Waals surface area contributed by atoms with Crippen LogP contribution in [0.1, 0.15) is 5.56 Å². The highest BCUT2D eigenvalue weighted by Crippen LogP contribution is 2.38. The van der Waals surface area contributed by atoms with Crippen LogP contribution in [0.5, 0.6) is 0 Å². The van der Waals surface area contributed by atoms with Gasteiger partial charge in [0, 0.05) is 5.56 Å². The summed E-state index contributed by atoms with van der Waals surface area (Å²) in [7, 11) is 0. The molecule has 0 bridgehead atoms. The van der Waals surface area contributed by atoms with Gasteiger partial charge < -0.3 is 5.73 Å². The van der Waals surface area contributed by atoms with Crippen LogP contribution in [0.25, 0.3) is 5.57 Å². The molecule has 4 nitrogen and oxygen atoms in total. The van der Waals surface area contributed by atoms with Crippen LogP contribution in [0.4, 0.5) is 18.9 Å². The third kappa shape index (κ3) is 1.83. The fourth-order valence-corrected chi connectivity index (χ4v) is 1.64. The molecule has 1 amide bonds. The predicted molar refractivity (Wildman–Crippen MR) is 55.4 cm³/mol. The van der Waals surface area contributed by atoms with Crippen molar-refractivity contribution < 1.29 is 22.8 Å². The lowest BCUT2D eigenvalue weighted by atomic mass is 10.0. The SMILES string of the molecule is NC(=O)C1=C(C(=O)C(F)(F)F)c2ccccc2[N]1. The molecule has 1 aliphatic heterocycles. The molecule has 1 aromatic carbocycles. The molecule has 0 atom stereocenters. The maximum absolute atomic E-state index is 12.5. The number of carbonyl (C=O) groups excluding carboxylic acids is 2. The van der Waals surface area contributed by atoms with Gasteiger partial charge in [-0.15, -0.1) is 0 Å². The van der Waals surface area contributed by atoms with Crippen LogP contribution >= 0.6 is 0 Å². The number of benzene rings is 1. The maximum Gasteiger partial charge on any atom is 0.454 e. The van der Waals surface area contributed by atoms with Crippen molar-refractivity contribution >= 4 is 23.0 Å². The van der Waals surface area contributed by atoms with E-state index < -0.39 is 29.1 Å². The molecule has 1 heterocycles. The first kappa shape index (κ1) is 12.2. The molecule has 7 heteroatoms. The van der Waals surface area contributed by atoms with E-state index in [0.29, 0.717) is 0 Å². The van der Waals surface area contributed by atoms with Crippen molar-refractivity contribution in [3.05, 3.63) is 35.5 Å². The van der Waals surface area contributed by atoms with Crippen LogP contribution in [-0.4, -0.2) is 17.9 Å². The lowest BCUT2D eigenvalue weighted by Crippen LogP contribution is -2.27. The van der Waals surface area contributed by atoms with Gasteiger partial charge >= 0.3 is 6.18 Å². The van der Waals surface area contributed by atoms with E-state index in [1.54, 1.807) is 0 Å². The van der Waals surface area contributed by atoms with E-state index in [4.69, 9.17) is 5.73 Å². The van der Waals surface area contributed by atoms with Crippen molar-refractivity contribution in [1.29, 1.82) is 0 Å². The number of nitrogens with zero attached hydrogens (tertiary/aromatic N) is 1. The molecule has 0 aliphatic carbocycles. The number of Topliss-reactive ketones (excluding diaryl/α,β-unsaturated/α-hetero) is 1. The maximum atomic E-state index is 12.5. The van der Waals surface area contributed by atoms with E-state index in [2.05, 4.69) is 5.32 Å². The Hall–Kier alpha value is -2.31. The first-order chi connectivity index (χ1) is 8.32. The van der Waals surface area contributed by atoms with Gasteiger partial charge in [-0.3, -0.25) is 9.59 Å². The predicted octanol–water partition coefficient (Wildman–Crippen LogP) is 1.26. The largest absolute Gasteiger partial charge is 0.454 e. The third-order valence-corrected chi connectivity index (χ3v) is 2.36. The van der Waals surface area contributed by atoms with Crippen molar-refractivity contribution in [2.45, 2.75) is 6.18 Å². The summed E-state index contributed by atoms with van der Waals surface area (Å²) in [5, 5.41) is 3.65. The van der Waals surface area contributed by atoms with E-state index in [0.717, 1.165) is 0 Å². The Morgan fingerprint density at radius 1 is 1.17 bits per heavy atom. The number of hydrogen-bond donors (Lipinski definition) is 1. The average molecular weight is 255 g/mol. The van der Waals surface area contributed by atoms with Gasteiger partial charge in [-0.2, -0.15) is 13.2 Å². The van der Waals surface area contributed by atoms with Gasteiger partial charge in [0.25, 0.3) is 11.7 Å². The second-order valence-corrected chi connectivity index (χ2v) is 3.54. The summed E-state index contributed by atoms with van der Waals surface area (Å²) in [5.41, 5.74) is 3.59. The molecule has 1 aromatic rings. The minimum atomic E-state index is -5.08. The number of allylic oxidation sites excluding steroid dienone is 1. The molecule has 2 N–H and O–H groups in total. The Morgan fingerprint density at radius 3 is 2.33 bits per heavy atom. The number of carbonyl (C=O) groups is 2. The topological polar surface area (TPSA) is 74.3 Å². The molecular formula is C11H6F3N2O2. The van der Waals surface area contributed by atoms with Gasteiger partial charge in [-0.05, 0) is 6.07 Å². The van der Waals surface area contributed by atoms with Gasteiger partial charge in [-0.25, -0.2) is 5.32 Å². The quantitative estimate of drug-likeness (QED) is 0.863. The summed E-state index contributed by atoms with van der Waals surface area (Å²) in [6.45, 7) is 0. The fourth-order valence-electron chi connectivity index (χ4n) is 1.64. The first-order valence-corrected chi connectivity index (χ1v) is 4.79. The van der Waals surface area contributed by atoms with Crippen molar-refractivity contribution in [1.82, 2.24) is 5.32 Å². The van der Waals surface area contributed by atoms with E-state index >= 15 is 0 Å². The lowest BCUT2D eigenvalue weighted by molar-refractivity contribution is -0.164. The smallest absolute Gasteiger partial charge is 0.364 e. The number of rotatable bonds is 2. The number of primary amides is 1. The molecule has 2 rings (SSSR count). The number of fused-ring (bicyclic) bond motifs is 1. The van der Waals surface area contributed by atoms with Crippen molar-refractivity contribution in [2.24, 2.45) is 5.73 Å². The van der Waals surface area contributed by atoms with Crippen molar-refractivity contribution in [2.75, 3.05) is 0 Å². The Labute approximate surface area is 99.3 Å². The van der Waals surface area contributed by atoms with Gasteiger partial charge in [0.1, 0.15) is 5.70 Å². The summed E-state index contributed by atoms with van der Waals surface area (Å²) >= 11 is 0. The molecule has 18 heavy (non-hydrogen) atoms. The fraction of sp³-hybridized carbons (Fsp3) is 0.0909. The standard InChI is InChI=1S/C11H6F3N2O2/c12-11(13,14)9(17)7-5-3-1-2-4-6(5)16-8(7)10(15)18/h1-4H,(H2,15,18). The van der Waals surface area contributed by atoms with Crippen LogP contribution in [0.15, 0.2) is 30.0 Å². The minimum absolute atomic E-state index is 0.0337. The number of alkyl halides is 3. The summed E-state index contributed by atoms with van der Waals surface area (Å²) in [6.07, 6.45) is -5.08. The van der Waals surface area contributed by atoms with Gasteiger partial charge in [0.05, 0.1) is 11.3 Å². The normalized spacial score (nSPS) is 14.2. The van der Waals surface area contributed by atoms with E-state index in [1.165, 1.54) is 24.3 Å². The molecule has 0 aromatic heterocycles. The highest BCUT2D eigenvalue weighted by Gasteiger charge is 2.45. The van der Waals surface area contributed by atoms with Gasteiger partial charge in [0.2, 0.25) is 0 Å². The summed E-state index contributed by atoms with van der Waals surface area (Å²) < 4.78 is 37.4. The van der Waals surface area contributed by atoms with Crippen LogP contribution in [0.3, 0.4) is 0 Å². The summed E-state index contributed by atoms with van der Waals surface area (Å²) in [6, 6.07) is 5.66. The average Bonchev–Trinajstić information content (AvgIpc) is 2.65. The van der Waals surface area contributed by atoms with E-state index in [-0.39, 0.29) is 11.3 Å². The number of halogens is 3. The Bertz CT molecular complexity index is 576. The highest BCUT2D eigenvalue weighted by atomic mass is 19.4. The Balaban J connectivity index is 2.61. The summed E-state index contributed by atoms with van der Waals surface area (Å²) in [4.78, 5) is 22.4. The zero-order valence-electron chi connectivity index (χ0n) is 8.78. The highest BCUT2D eigenvalue weighted by molar-refractivity contribution is 6.30. The van der Waals surface area contributed by atoms with Crippen molar-refractivity contribution in [3.8, 4) is 0 Å². The zero-order valence-corrected chi connectivity index (χ0v) is 8.78. The molecule has 0 saturated heterocycles. The van der Waals surface area contributed by atoms with Gasteiger partial charge in [-0.1, -0.05) is 18.2 Å². The summed E-state index contributed by atoms with van der Waals surface area (Å²) in [5.74, 6) is -3.29. The van der Waals surface area contributed by atoms with E-state index in [1.807, 2.05) is 0 Å². The van der Waals surface area contributed by atoms with Crippen LogP contribution in [-0.2, 0) is 9.59 Å². The number of para-hydroxylation sites is 1.